The minimum atomic E-state index is -0.139. The van der Waals surface area contributed by atoms with Gasteiger partial charge in [0.1, 0.15) is 12.4 Å². The van der Waals surface area contributed by atoms with Crippen LogP contribution in [0.25, 0.3) is 0 Å². The summed E-state index contributed by atoms with van der Waals surface area (Å²) in [6, 6.07) is 1.77. The SMILES string of the molecule is Cc1cc(NN)nc(COCCOC(C)(C)C)n1. The van der Waals surface area contributed by atoms with Crippen LogP contribution in [-0.4, -0.2) is 28.8 Å². The first-order valence-corrected chi connectivity index (χ1v) is 5.93. The summed E-state index contributed by atoms with van der Waals surface area (Å²) in [5, 5.41) is 0. The molecule has 1 aromatic heterocycles. The summed E-state index contributed by atoms with van der Waals surface area (Å²) in [6.45, 7) is 9.33. The topological polar surface area (TPSA) is 82.3 Å². The minimum Gasteiger partial charge on any atom is -0.373 e. The Balaban J connectivity index is 2.33. The molecular weight excluding hydrogens is 232 g/mol. The van der Waals surface area contributed by atoms with Crippen molar-refractivity contribution >= 4 is 5.82 Å². The van der Waals surface area contributed by atoms with Gasteiger partial charge in [-0.2, -0.15) is 0 Å². The molecule has 0 atom stereocenters. The molecule has 0 unspecified atom stereocenters. The highest BCUT2D eigenvalue weighted by molar-refractivity contribution is 5.33. The third-order valence-electron chi connectivity index (χ3n) is 2.04. The largest absolute Gasteiger partial charge is 0.373 e. The Morgan fingerprint density at radius 3 is 2.61 bits per heavy atom. The standard InChI is InChI=1S/C12H22N4O2/c1-9-7-10(16-13)15-11(14-9)8-17-5-6-18-12(2,3)4/h7H,5-6,8,13H2,1-4H3,(H,14,15,16). The lowest BCUT2D eigenvalue weighted by molar-refractivity contribution is -0.0384. The van der Waals surface area contributed by atoms with E-state index >= 15 is 0 Å². The smallest absolute Gasteiger partial charge is 0.156 e. The molecule has 0 aromatic carbocycles. The first-order chi connectivity index (χ1) is 8.40. The van der Waals surface area contributed by atoms with Crippen LogP contribution in [0.5, 0.6) is 0 Å². The van der Waals surface area contributed by atoms with Crippen LogP contribution >= 0.6 is 0 Å². The molecular formula is C12H22N4O2. The molecule has 6 nitrogen and oxygen atoms in total. The molecule has 0 saturated heterocycles. The van der Waals surface area contributed by atoms with Gasteiger partial charge in [0.25, 0.3) is 0 Å². The van der Waals surface area contributed by atoms with Gasteiger partial charge in [0.2, 0.25) is 0 Å². The molecule has 0 radical (unpaired) electrons. The number of nitrogens with two attached hydrogens (primary N) is 1. The van der Waals surface area contributed by atoms with Crippen LogP contribution in [0.2, 0.25) is 0 Å². The van der Waals surface area contributed by atoms with Gasteiger partial charge in [-0.05, 0) is 27.7 Å². The van der Waals surface area contributed by atoms with Gasteiger partial charge in [0.15, 0.2) is 5.82 Å². The Hall–Kier alpha value is -1.24. The van der Waals surface area contributed by atoms with Gasteiger partial charge >= 0.3 is 0 Å². The zero-order chi connectivity index (χ0) is 13.6. The number of aryl methyl sites for hydroxylation is 1. The summed E-state index contributed by atoms with van der Waals surface area (Å²) in [5.74, 6) is 6.51. The van der Waals surface area contributed by atoms with Crippen LogP contribution in [0.1, 0.15) is 32.3 Å². The van der Waals surface area contributed by atoms with Crippen molar-refractivity contribution in [3.05, 3.63) is 17.6 Å². The molecule has 3 N–H and O–H groups in total. The van der Waals surface area contributed by atoms with Crippen LogP contribution in [0.3, 0.4) is 0 Å². The zero-order valence-electron chi connectivity index (χ0n) is 11.5. The molecule has 0 aliphatic carbocycles. The molecule has 1 heterocycles. The Morgan fingerprint density at radius 1 is 1.28 bits per heavy atom. The number of aromatic nitrogens is 2. The maximum atomic E-state index is 5.54. The lowest BCUT2D eigenvalue weighted by Gasteiger charge is -2.19. The fraction of sp³-hybridized carbons (Fsp3) is 0.667. The normalized spacial score (nSPS) is 11.6. The third-order valence-corrected chi connectivity index (χ3v) is 2.04. The summed E-state index contributed by atoms with van der Waals surface area (Å²) in [4.78, 5) is 8.44. The van der Waals surface area contributed by atoms with Crippen LogP contribution in [0.15, 0.2) is 6.07 Å². The Bertz CT molecular complexity index is 377. The fourth-order valence-electron chi connectivity index (χ4n) is 1.34. The second-order valence-electron chi connectivity index (χ2n) is 4.97. The molecule has 0 saturated carbocycles. The maximum absolute atomic E-state index is 5.54. The van der Waals surface area contributed by atoms with Crippen molar-refractivity contribution in [2.75, 3.05) is 18.6 Å². The van der Waals surface area contributed by atoms with Gasteiger partial charge in [-0.3, -0.25) is 0 Å². The van der Waals surface area contributed by atoms with Crippen LogP contribution < -0.4 is 11.3 Å². The van der Waals surface area contributed by atoms with Gasteiger partial charge < -0.3 is 14.9 Å². The van der Waals surface area contributed by atoms with E-state index in [0.29, 0.717) is 31.5 Å². The van der Waals surface area contributed by atoms with E-state index < -0.39 is 0 Å². The van der Waals surface area contributed by atoms with E-state index in [1.807, 2.05) is 27.7 Å². The minimum absolute atomic E-state index is 0.139. The lowest BCUT2D eigenvalue weighted by Crippen LogP contribution is -2.22. The van der Waals surface area contributed by atoms with Gasteiger partial charge in [-0.15, -0.1) is 0 Å². The molecule has 0 spiro atoms. The highest BCUT2D eigenvalue weighted by Crippen LogP contribution is 2.07. The number of rotatable bonds is 6. The number of hydrazine groups is 1. The van der Waals surface area contributed by atoms with E-state index in [1.54, 1.807) is 6.07 Å². The van der Waals surface area contributed by atoms with Gasteiger partial charge in [-0.25, -0.2) is 15.8 Å². The first-order valence-electron chi connectivity index (χ1n) is 5.93. The molecule has 18 heavy (non-hydrogen) atoms. The molecule has 6 heteroatoms. The zero-order valence-corrected chi connectivity index (χ0v) is 11.5. The summed E-state index contributed by atoms with van der Waals surface area (Å²) in [5.41, 5.74) is 3.21. The predicted molar refractivity (Wildman–Crippen MR) is 69.9 cm³/mol. The van der Waals surface area contributed by atoms with Crippen molar-refractivity contribution in [3.8, 4) is 0 Å². The number of nitrogens with one attached hydrogen (secondary N) is 1. The molecule has 0 amide bonds. The maximum Gasteiger partial charge on any atom is 0.156 e. The molecule has 0 aliphatic heterocycles. The van der Waals surface area contributed by atoms with Gasteiger partial charge in [0, 0.05) is 11.8 Å². The molecule has 1 aromatic rings. The second-order valence-corrected chi connectivity index (χ2v) is 4.97. The lowest BCUT2D eigenvalue weighted by atomic mass is 10.2. The second kappa shape index (κ2) is 6.63. The average molecular weight is 254 g/mol. The molecule has 1 rings (SSSR count). The molecule has 0 aliphatic rings. The number of hydrogen-bond acceptors (Lipinski definition) is 6. The monoisotopic (exact) mass is 254 g/mol. The third kappa shape index (κ3) is 5.90. The molecule has 0 fully saturated rings. The van der Waals surface area contributed by atoms with Crippen LogP contribution in [0, 0.1) is 6.92 Å². The van der Waals surface area contributed by atoms with Crippen molar-refractivity contribution in [1.29, 1.82) is 0 Å². The Morgan fingerprint density at radius 2 is 2.00 bits per heavy atom. The number of nitrogens with zero attached hydrogens (tertiary/aromatic N) is 2. The van der Waals surface area contributed by atoms with E-state index in [4.69, 9.17) is 15.3 Å². The Labute approximate surface area is 108 Å². The first kappa shape index (κ1) is 14.8. The highest BCUT2D eigenvalue weighted by Gasteiger charge is 2.09. The van der Waals surface area contributed by atoms with Gasteiger partial charge in [-0.1, -0.05) is 0 Å². The Kier molecular flexibility index (Phi) is 5.46. The van der Waals surface area contributed by atoms with Crippen molar-refractivity contribution in [2.24, 2.45) is 5.84 Å². The molecule has 0 bridgehead atoms. The summed E-state index contributed by atoms with van der Waals surface area (Å²) in [6.07, 6.45) is 0. The van der Waals surface area contributed by atoms with Gasteiger partial charge in [0.05, 0.1) is 18.8 Å². The fourth-order valence-corrected chi connectivity index (χ4v) is 1.34. The van der Waals surface area contributed by atoms with Crippen LogP contribution in [0.4, 0.5) is 5.82 Å². The van der Waals surface area contributed by atoms with Crippen LogP contribution in [-0.2, 0) is 16.1 Å². The average Bonchev–Trinajstić information content (AvgIpc) is 2.26. The quantitative estimate of drug-likeness (QED) is 0.453. The van der Waals surface area contributed by atoms with E-state index in [1.165, 1.54) is 0 Å². The van der Waals surface area contributed by atoms with Crippen molar-refractivity contribution in [1.82, 2.24) is 9.97 Å². The summed E-state index contributed by atoms with van der Waals surface area (Å²) < 4.78 is 11.0. The number of nitrogen functional groups attached to an aromatic ring is 1. The number of anilines is 1. The van der Waals surface area contributed by atoms with Crippen molar-refractivity contribution < 1.29 is 9.47 Å². The number of hydrogen-bond donors (Lipinski definition) is 2. The predicted octanol–water partition coefficient (Wildman–Crippen LogP) is 1.40. The number of ether oxygens (including phenoxy) is 2. The van der Waals surface area contributed by atoms with E-state index in [-0.39, 0.29) is 5.60 Å². The summed E-state index contributed by atoms with van der Waals surface area (Å²) in [7, 11) is 0. The van der Waals surface area contributed by atoms with E-state index in [9.17, 15) is 0 Å². The summed E-state index contributed by atoms with van der Waals surface area (Å²) >= 11 is 0. The highest BCUT2D eigenvalue weighted by atomic mass is 16.5. The van der Waals surface area contributed by atoms with E-state index in [2.05, 4.69) is 15.4 Å². The van der Waals surface area contributed by atoms with Crippen molar-refractivity contribution in [3.63, 3.8) is 0 Å². The van der Waals surface area contributed by atoms with E-state index in [0.717, 1.165) is 5.69 Å². The van der Waals surface area contributed by atoms with Crippen molar-refractivity contribution in [2.45, 2.75) is 39.9 Å². The molecule has 102 valence electrons.